The zero-order valence-corrected chi connectivity index (χ0v) is 21.3. The molecule has 1 aliphatic heterocycles. The summed E-state index contributed by atoms with van der Waals surface area (Å²) >= 11 is 0. The quantitative estimate of drug-likeness (QED) is 0.283. The van der Waals surface area contributed by atoms with Crippen molar-refractivity contribution in [3.63, 3.8) is 0 Å². The molecule has 3 aromatic rings. The number of ether oxygens (including phenoxy) is 1. The zero-order chi connectivity index (χ0) is 28.2. The topological polar surface area (TPSA) is 29.5 Å². The van der Waals surface area contributed by atoms with Crippen LogP contribution in [0.25, 0.3) is 0 Å². The lowest BCUT2D eigenvalue weighted by Gasteiger charge is -2.42. The summed E-state index contributed by atoms with van der Waals surface area (Å²) in [4.78, 5) is 14.4. The first kappa shape index (κ1) is 28.7. The number of hydrogen-bond donors (Lipinski definition) is 0. The smallest absolute Gasteiger partial charge is 0.373 e. The number of nitrogens with zero attached hydrogens (tertiary/aromatic N) is 1. The van der Waals surface area contributed by atoms with Crippen LogP contribution < -0.4 is 0 Å². The van der Waals surface area contributed by atoms with Crippen molar-refractivity contribution in [1.82, 2.24) is 4.90 Å². The van der Waals surface area contributed by atoms with Crippen LogP contribution in [-0.4, -0.2) is 30.0 Å². The van der Waals surface area contributed by atoms with Crippen molar-refractivity contribution in [2.45, 2.75) is 50.7 Å². The first-order valence-electron chi connectivity index (χ1n) is 12.7. The molecule has 0 spiro atoms. The summed E-state index contributed by atoms with van der Waals surface area (Å²) in [5.41, 5.74) is -0.999. The van der Waals surface area contributed by atoms with E-state index >= 15 is 0 Å². The molecule has 208 valence electrons. The Balaban J connectivity index is 1.69. The maximum absolute atomic E-state index is 13.4. The molecule has 0 aromatic heterocycles. The van der Waals surface area contributed by atoms with Crippen LogP contribution >= 0.6 is 0 Å². The minimum atomic E-state index is -4.93. The Labute approximate surface area is 223 Å². The summed E-state index contributed by atoms with van der Waals surface area (Å²) in [6.45, 7) is 2.09. The number of piperidine rings is 1. The van der Waals surface area contributed by atoms with E-state index in [1.807, 2.05) is 60.7 Å². The molecule has 0 aliphatic carbocycles. The minimum Gasteiger partial charge on any atom is -0.373 e. The molecule has 9 heteroatoms. The highest BCUT2D eigenvalue weighted by molar-refractivity contribution is 5.76. The second-order valence-electron chi connectivity index (χ2n) is 9.71. The van der Waals surface area contributed by atoms with Gasteiger partial charge in [-0.2, -0.15) is 26.3 Å². The van der Waals surface area contributed by atoms with Crippen molar-refractivity contribution in [2.75, 3.05) is 13.1 Å². The molecule has 0 radical (unpaired) electrons. The van der Waals surface area contributed by atoms with E-state index < -0.39 is 36.2 Å². The Bertz CT molecular complexity index is 1170. The van der Waals surface area contributed by atoms with E-state index in [0.29, 0.717) is 38.1 Å². The average Bonchev–Trinajstić information content (AvgIpc) is 2.92. The number of carbonyl (C=O) groups excluding carboxylic acids is 1. The highest BCUT2D eigenvalue weighted by atomic mass is 19.4. The highest BCUT2D eigenvalue weighted by Gasteiger charge is 2.39. The van der Waals surface area contributed by atoms with Gasteiger partial charge in [0.1, 0.15) is 0 Å². The van der Waals surface area contributed by atoms with E-state index in [4.69, 9.17) is 4.74 Å². The summed E-state index contributed by atoms with van der Waals surface area (Å²) in [5, 5.41) is 0. The molecule has 1 amide bonds. The third kappa shape index (κ3) is 7.01. The maximum atomic E-state index is 13.4. The first-order chi connectivity index (χ1) is 18.5. The van der Waals surface area contributed by atoms with Gasteiger partial charge in [0.05, 0.1) is 23.8 Å². The first-order valence-corrected chi connectivity index (χ1v) is 12.7. The maximum Gasteiger partial charge on any atom is 0.416 e. The lowest BCUT2D eigenvalue weighted by atomic mass is 9.75. The molecule has 0 unspecified atom stereocenters. The van der Waals surface area contributed by atoms with Crippen LogP contribution in [0.5, 0.6) is 0 Å². The van der Waals surface area contributed by atoms with Crippen molar-refractivity contribution in [1.29, 1.82) is 0 Å². The third-order valence-corrected chi connectivity index (χ3v) is 7.10. The van der Waals surface area contributed by atoms with Gasteiger partial charge in [-0.15, -0.1) is 0 Å². The number of rotatable bonds is 7. The Morgan fingerprint density at radius 1 is 0.872 bits per heavy atom. The minimum absolute atomic E-state index is 0.0222. The molecule has 1 fully saturated rings. The van der Waals surface area contributed by atoms with Gasteiger partial charge in [-0.3, -0.25) is 4.79 Å². The number of alkyl halides is 6. The molecular formula is C30H29F6NO2. The Kier molecular flexibility index (Phi) is 8.69. The van der Waals surface area contributed by atoms with Crippen molar-refractivity contribution >= 4 is 5.91 Å². The third-order valence-electron chi connectivity index (χ3n) is 7.10. The summed E-state index contributed by atoms with van der Waals surface area (Å²) in [7, 11) is 0. The molecule has 0 bridgehead atoms. The van der Waals surface area contributed by atoms with Gasteiger partial charge in [0.15, 0.2) is 0 Å². The SMILES string of the molecule is CCC(=O)N1CC[C@@H](OCc2cc(C(F)(F)F)cc(C(F)(F)F)c2)[C@@H](C(c2ccccc2)c2ccccc2)C1. The van der Waals surface area contributed by atoms with Gasteiger partial charge in [0, 0.05) is 31.3 Å². The molecular weight excluding hydrogens is 520 g/mol. The molecule has 3 aromatic carbocycles. The Morgan fingerprint density at radius 2 is 1.38 bits per heavy atom. The van der Waals surface area contributed by atoms with Crippen LogP contribution in [0.4, 0.5) is 26.3 Å². The number of halogens is 6. The average molecular weight is 550 g/mol. The van der Waals surface area contributed by atoms with Gasteiger partial charge in [-0.25, -0.2) is 0 Å². The van der Waals surface area contributed by atoms with E-state index in [9.17, 15) is 31.1 Å². The fraction of sp³-hybridized carbons (Fsp3) is 0.367. The lowest BCUT2D eigenvalue weighted by molar-refractivity contribution is -0.143. The molecule has 1 saturated heterocycles. The zero-order valence-electron chi connectivity index (χ0n) is 21.3. The van der Waals surface area contributed by atoms with E-state index in [0.717, 1.165) is 11.1 Å². The summed E-state index contributed by atoms with van der Waals surface area (Å²) in [6, 6.07) is 20.8. The molecule has 0 saturated carbocycles. The Morgan fingerprint density at radius 3 is 1.85 bits per heavy atom. The van der Waals surface area contributed by atoms with Gasteiger partial charge < -0.3 is 9.64 Å². The molecule has 2 atom stereocenters. The van der Waals surface area contributed by atoms with Crippen LogP contribution in [-0.2, 0) is 28.5 Å². The summed E-state index contributed by atoms with van der Waals surface area (Å²) in [6.07, 6.45) is -9.66. The second-order valence-corrected chi connectivity index (χ2v) is 9.71. The fourth-order valence-electron chi connectivity index (χ4n) is 5.25. The molecule has 0 N–H and O–H groups in total. The van der Waals surface area contributed by atoms with Crippen LogP contribution in [0.1, 0.15) is 53.5 Å². The van der Waals surface area contributed by atoms with Gasteiger partial charge in [0.25, 0.3) is 0 Å². The van der Waals surface area contributed by atoms with Crippen molar-refractivity contribution in [3.8, 4) is 0 Å². The molecule has 3 nitrogen and oxygen atoms in total. The number of amides is 1. The van der Waals surface area contributed by atoms with Crippen LogP contribution in [0.15, 0.2) is 78.9 Å². The summed E-state index contributed by atoms with van der Waals surface area (Å²) < 4.78 is 86.4. The van der Waals surface area contributed by atoms with Gasteiger partial charge in [-0.1, -0.05) is 67.6 Å². The number of carbonyl (C=O) groups is 1. The van der Waals surface area contributed by atoms with E-state index in [1.165, 1.54) is 0 Å². The predicted octanol–water partition coefficient (Wildman–Crippen LogP) is 7.70. The molecule has 4 rings (SSSR count). The fourth-order valence-corrected chi connectivity index (χ4v) is 5.25. The normalized spacial score (nSPS) is 18.4. The predicted molar refractivity (Wildman–Crippen MR) is 135 cm³/mol. The van der Waals surface area contributed by atoms with Gasteiger partial charge in [-0.05, 0) is 41.3 Å². The second kappa shape index (κ2) is 11.8. The van der Waals surface area contributed by atoms with Gasteiger partial charge in [0.2, 0.25) is 5.91 Å². The Hall–Kier alpha value is -3.33. The number of hydrogen-bond acceptors (Lipinski definition) is 2. The standard InChI is InChI=1S/C30H29F6NO2/c1-2-27(38)37-14-13-26(39-19-20-15-23(29(31,32)33)17-24(16-20)30(34,35)36)25(18-37)28(21-9-5-3-6-10-21)22-11-7-4-8-12-22/h3-12,15-17,25-26,28H,2,13-14,18-19H2,1H3/t25-,26+/m0/s1. The van der Waals surface area contributed by atoms with Crippen molar-refractivity contribution in [2.24, 2.45) is 5.92 Å². The summed E-state index contributed by atoms with van der Waals surface area (Å²) in [5.74, 6) is -0.518. The van der Waals surface area contributed by atoms with Crippen molar-refractivity contribution in [3.05, 3.63) is 107 Å². The molecule has 1 heterocycles. The van der Waals surface area contributed by atoms with Gasteiger partial charge >= 0.3 is 12.4 Å². The van der Waals surface area contributed by atoms with E-state index in [-0.39, 0.29) is 29.4 Å². The van der Waals surface area contributed by atoms with Crippen molar-refractivity contribution < 1.29 is 35.9 Å². The molecule has 1 aliphatic rings. The van der Waals surface area contributed by atoms with Crippen LogP contribution in [0.2, 0.25) is 0 Å². The lowest BCUT2D eigenvalue weighted by Crippen LogP contribution is -2.48. The highest BCUT2D eigenvalue weighted by Crippen LogP contribution is 2.40. The number of benzene rings is 3. The van der Waals surface area contributed by atoms with Crippen LogP contribution in [0, 0.1) is 5.92 Å². The molecule has 39 heavy (non-hydrogen) atoms. The monoisotopic (exact) mass is 549 g/mol. The van der Waals surface area contributed by atoms with E-state index in [1.54, 1.807) is 11.8 Å². The van der Waals surface area contributed by atoms with E-state index in [2.05, 4.69) is 0 Å². The largest absolute Gasteiger partial charge is 0.416 e. The number of likely N-dealkylation sites (tertiary alicyclic amines) is 1. The van der Waals surface area contributed by atoms with Crippen LogP contribution in [0.3, 0.4) is 0 Å².